The van der Waals surface area contributed by atoms with Crippen molar-refractivity contribution in [1.29, 1.82) is 0 Å². The average molecular weight is 295 g/mol. The maximum absolute atomic E-state index is 12.4. The van der Waals surface area contributed by atoms with Crippen LogP contribution in [0.2, 0.25) is 0 Å². The van der Waals surface area contributed by atoms with E-state index in [1.54, 1.807) is 0 Å². The largest absolute Gasteiger partial charge is 0.493 e. The Bertz CT molecular complexity index is 534. The van der Waals surface area contributed by atoms with Crippen molar-refractivity contribution in [2.24, 2.45) is 5.92 Å². The first-order valence-electron chi connectivity index (χ1n) is 6.50. The van der Waals surface area contributed by atoms with E-state index in [1.165, 1.54) is 7.11 Å². The summed E-state index contributed by atoms with van der Waals surface area (Å²) in [6, 6.07) is 0. The molecule has 0 saturated carbocycles. The molecule has 0 spiro atoms. The second kappa shape index (κ2) is 6.09. The number of hydrogen-bond donors (Lipinski definition) is 0. The van der Waals surface area contributed by atoms with Gasteiger partial charge in [0.15, 0.2) is 11.9 Å². The van der Waals surface area contributed by atoms with Gasteiger partial charge in [0.25, 0.3) is 0 Å². The van der Waals surface area contributed by atoms with Crippen LogP contribution >= 0.6 is 0 Å². The number of carbonyl (C=O) groups excluding carboxylic acids is 3. The number of rotatable bonds is 3. The Morgan fingerprint density at radius 3 is 2.52 bits per heavy atom. The van der Waals surface area contributed by atoms with Crippen molar-refractivity contribution in [1.82, 2.24) is 4.90 Å². The number of carbonyl (C=O) groups is 3. The molecule has 0 N–H and O–H groups in total. The summed E-state index contributed by atoms with van der Waals surface area (Å²) in [5.74, 6) is -2.33. The minimum atomic E-state index is -0.809. The van der Waals surface area contributed by atoms with Gasteiger partial charge >= 0.3 is 11.9 Å². The summed E-state index contributed by atoms with van der Waals surface area (Å²) in [4.78, 5) is 37.5. The van der Waals surface area contributed by atoms with Crippen LogP contribution in [0.3, 0.4) is 0 Å². The molecule has 2 rings (SSSR count). The van der Waals surface area contributed by atoms with Crippen molar-refractivity contribution >= 4 is 17.7 Å². The predicted molar refractivity (Wildman–Crippen MR) is 70.8 cm³/mol. The van der Waals surface area contributed by atoms with Crippen LogP contribution in [0.15, 0.2) is 23.7 Å². The molecule has 0 fully saturated rings. The van der Waals surface area contributed by atoms with Crippen molar-refractivity contribution < 1.29 is 28.6 Å². The summed E-state index contributed by atoms with van der Waals surface area (Å²) in [5.41, 5.74) is 0. The van der Waals surface area contributed by atoms with Gasteiger partial charge in [-0.1, -0.05) is 0 Å². The molecule has 2 atom stereocenters. The molecule has 114 valence electrons. The zero-order valence-electron chi connectivity index (χ0n) is 12.1. The highest BCUT2D eigenvalue weighted by molar-refractivity contribution is 6.01. The van der Waals surface area contributed by atoms with E-state index in [1.807, 2.05) is 19.0 Å². The van der Waals surface area contributed by atoms with Crippen LogP contribution < -0.4 is 0 Å². The second-order valence-corrected chi connectivity index (χ2v) is 5.14. The molecule has 1 aliphatic carbocycles. The fourth-order valence-corrected chi connectivity index (χ4v) is 2.40. The van der Waals surface area contributed by atoms with Gasteiger partial charge in [0, 0.05) is 31.0 Å². The molecule has 1 aliphatic heterocycles. The lowest BCUT2D eigenvalue weighted by atomic mass is 9.88. The molecular weight excluding hydrogens is 278 g/mol. The molecule has 0 aromatic rings. The molecule has 2 bridgehead atoms. The first-order chi connectivity index (χ1) is 9.92. The van der Waals surface area contributed by atoms with Crippen LogP contribution in [0.5, 0.6) is 0 Å². The molecule has 7 nitrogen and oxygen atoms in total. The molecule has 1 heterocycles. The molecule has 0 aromatic carbocycles. The number of nitrogens with zero attached hydrogens (tertiary/aromatic N) is 1. The smallest absolute Gasteiger partial charge is 0.336 e. The number of esters is 2. The van der Waals surface area contributed by atoms with Gasteiger partial charge in [0.05, 0.1) is 7.11 Å². The first-order valence-corrected chi connectivity index (χ1v) is 6.50. The van der Waals surface area contributed by atoms with E-state index in [-0.39, 0.29) is 17.3 Å². The predicted octanol–water partition coefficient (Wildman–Crippen LogP) is 0.0198. The lowest BCUT2D eigenvalue weighted by molar-refractivity contribution is -0.147. The number of hydrogen-bond acceptors (Lipinski definition) is 7. The summed E-state index contributed by atoms with van der Waals surface area (Å²) < 4.78 is 15.4. The fourth-order valence-electron chi connectivity index (χ4n) is 2.40. The van der Waals surface area contributed by atoms with Crippen LogP contribution in [-0.2, 0) is 28.6 Å². The number of methoxy groups -OCH3 is 1. The minimum Gasteiger partial charge on any atom is -0.493 e. The summed E-state index contributed by atoms with van der Waals surface area (Å²) >= 11 is 0. The monoisotopic (exact) mass is 295 g/mol. The van der Waals surface area contributed by atoms with E-state index < -0.39 is 24.0 Å². The second-order valence-electron chi connectivity index (χ2n) is 5.14. The van der Waals surface area contributed by atoms with Gasteiger partial charge in [-0.2, -0.15) is 0 Å². The molecule has 0 radical (unpaired) electrons. The number of ketones is 1. The molecule has 21 heavy (non-hydrogen) atoms. The van der Waals surface area contributed by atoms with E-state index in [4.69, 9.17) is 14.2 Å². The lowest BCUT2D eigenvalue weighted by Crippen LogP contribution is -2.40. The Morgan fingerprint density at radius 2 is 1.90 bits per heavy atom. The van der Waals surface area contributed by atoms with Crippen molar-refractivity contribution in [3.8, 4) is 0 Å². The van der Waals surface area contributed by atoms with Gasteiger partial charge in [0.2, 0.25) is 11.5 Å². The lowest BCUT2D eigenvalue weighted by Gasteiger charge is -2.31. The van der Waals surface area contributed by atoms with Crippen molar-refractivity contribution in [2.75, 3.05) is 27.7 Å². The highest BCUT2D eigenvalue weighted by Crippen LogP contribution is 2.31. The van der Waals surface area contributed by atoms with Gasteiger partial charge in [-0.05, 0) is 14.1 Å². The zero-order valence-corrected chi connectivity index (χ0v) is 12.1. The Morgan fingerprint density at radius 1 is 1.24 bits per heavy atom. The molecular formula is C14H17NO6. The van der Waals surface area contributed by atoms with Gasteiger partial charge in [-0.25, -0.2) is 9.59 Å². The minimum absolute atomic E-state index is 0.0837. The third-order valence-electron chi connectivity index (χ3n) is 3.23. The van der Waals surface area contributed by atoms with E-state index in [9.17, 15) is 14.4 Å². The van der Waals surface area contributed by atoms with Crippen molar-refractivity contribution in [3.63, 3.8) is 0 Å². The van der Waals surface area contributed by atoms with E-state index in [0.717, 1.165) is 12.2 Å². The van der Waals surface area contributed by atoms with Crippen LogP contribution in [0.1, 0.15) is 6.42 Å². The van der Waals surface area contributed by atoms with E-state index in [0.29, 0.717) is 13.0 Å². The van der Waals surface area contributed by atoms with Crippen LogP contribution in [0.4, 0.5) is 0 Å². The molecule has 2 aliphatic rings. The summed E-state index contributed by atoms with van der Waals surface area (Å²) in [6.45, 7) is 0.457. The number of Topliss-reactive ketones (excluding diaryl/α,β-unsaturated/α-hetero) is 1. The van der Waals surface area contributed by atoms with Crippen molar-refractivity contribution in [2.45, 2.75) is 12.5 Å². The van der Waals surface area contributed by atoms with Crippen LogP contribution in [0.25, 0.3) is 0 Å². The first kappa shape index (κ1) is 15.2. The number of allylic oxidation sites excluding steroid dienone is 1. The maximum Gasteiger partial charge on any atom is 0.336 e. The van der Waals surface area contributed by atoms with E-state index in [2.05, 4.69) is 0 Å². The molecule has 0 amide bonds. The summed E-state index contributed by atoms with van der Waals surface area (Å²) in [5, 5.41) is 0. The standard InChI is InChI=1S/C14H17NO6/c1-15(2)7-8-6-9-13(19-3)14(12(8)18)21-11(17)5-4-10(16)20-9/h4-5,8-9H,6-7H2,1-3H3/b5-4-. The summed E-state index contributed by atoms with van der Waals surface area (Å²) in [6.07, 6.45) is 1.46. The SMILES string of the molecule is COC1=C2OC(=O)/C=C\C(=O)OC1CC(CN(C)C)C2=O. The van der Waals surface area contributed by atoms with Crippen LogP contribution in [-0.4, -0.2) is 56.5 Å². The highest BCUT2D eigenvalue weighted by Gasteiger charge is 2.41. The fraction of sp³-hybridized carbons (Fsp3) is 0.500. The molecule has 7 heteroatoms. The zero-order chi connectivity index (χ0) is 15.6. The van der Waals surface area contributed by atoms with E-state index >= 15 is 0 Å². The third kappa shape index (κ3) is 3.30. The molecule has 0 aromatic heterocycles. The van der Waals surface area contributed by atoms with Crippen molar-refractivity contribution in [3.05, 3.63) is 23.7 Å². The number of ether oxygens (including phenoxy) is 3. The Hall–Kier alpha value is -2.15. The maximum atomic E-state index is 12.4. The molecule has 0 saturated heterocycles. The van der Waals surface area contributed by atoms with Gasteiger partial charge in [0.1, 0.15) is 0 Å². The topological polar surface area (TPSA) is 82.1 Å². The average Bonchev–Trinajstić information content (AvgIpc) is 2.44. The quantitative estimate of drug-likeness (QED) is 0.679. The van der Waals surface area contributed by atoms with Gasteiger partial charge in [-0.15, -0.1) is 0 Å². The van der Waals surface area contributed by atoms with Gasteiger partial charge in [-0.3, -0.25) is 4.79 Å². The van der Waals surface area contributed by atoms with Gasteiger partial charge < -0.3 is 19.1 Å². The Kier molecular flexibility index (Phi) is 4.42. The highest BCUT2D eigenvalue weighted by atomic mass is 16.6. The Labute approximate surface area is 122 Å². The molecule has 2 unspecified atom stereocenters. The summed E-state index contributed by atoms with van der Waals surface area (Å²) in [7, 11) is 5.00. The number of fused-ring (bicyclic) bond motifs is 1. The normalized spacial score (nSPS) is 27.5. The Balaban J connectivity index is 2.42. The third-order valence-corrected chi connectivity index (χ3v) is 3.23. The van der Waals surface area contributed by atoms with Crippen LogP contribution in [0, 0.1) is 5.92 Å².